The van der Waals surface area contributed by atoms with Crippen LogP contribution in [0.4, 0.5) is 5.95 Å². The fourth-order valence-corrected chi connectivity index (χ4v) is 5.11. The zero-order valence-electron chi connectivity index (χ0n) is 19.2. The number of piperazine rings is 1. The molecule has 0 saturated carbocycles. The van der Waals surface area contributed by atoms with Crippen LogP contribution in [0.25, 0.3) is 11.3 Å². The summed E-state index contributed by atoms with van der Waals surface area (Å²) in [5.74, 6) is 0.674. The molecule has 3 aromatic rings. The van der Waals surface area contributed by atoms with Gasteiger partial charge in [-0.15, -0.1) is 0 Å². The highest BCUT2D eigenvalue weighted by Gasteiger charge is 2.38. The van der Waals surface area contributed by atoms with Crippen molar-refractivity contribution in [3.63, 3.8) is 0 Å². The van der Waals surface area contributed by atoms with Crippen molar-refractivity contribution < 1.29 is 5.11 Å². The molecule has 3 heterocycles. The predicted octanol–water partition coefficient (Wildman–Crippen LogP) is 4.13. The molecular formula is C26H29Cl2N5O. The number of benzene rings is 2. The van der Waals surface area contributed by atoms with Crippen LogP contribution in [-0.4, -0.2) is 76.3 Å². The number of nitrogens with zero attached hydrogens (tertiary/aromatic N) is 5. The number of hydrogen-bond donors (Lipinski definition) is 1. The Bertz CT molecular complexity index is 1120. The molecule has 2 atom stereocenters. The van der Waals surface area contributed by atoms with Gasteiger partial charge in [0.1, 0.15) is 0 Å². The Kier molecular flexibility index (Phi) is 7.04. The molecule has 8 heteroatoms. The van der Waals surface area contributed by atoms with Gasteiger partial charge in [-0.05, 0) is 42.8 Å². The molecule has 0 aliphatic carbocycles. The summed E-state index contributed by atoms with van der Waals surface area (Å²) < 4.78 is 0. The standard InChI is InChI=1S/C26H29Cl2N5O/c1-18-14-23(20-4-8-22(28)9-5-20)30-26(29-18)33-16-24(25(34)17-33)32-12-10-31(11-13-32)15-19-2-6-21(27)7-3-19/h2-9,14,24-25,34H,10-13,15-17H2,1H3. The maximum absolute atomic E-state index is 10.9. The first-order valence-electron chi connectivity index (χ1n) is 11.7. The number of aromatic nitrogens is 2. The first kappa shape index (κ1) is 23.5. The Balaban J connectivity index is 1.22. The number of aryl methyl sites for hydroxylation is 1. The monoisotopic (exact) mass is 497 g/mol. The van der Waals surface area contributed by atoms with Gasteiger partial charge in [0.2, 0.25) is 5.95 Å². The van der Waals surface area contributed by atoms with Crippen molar-refractivity contribution >= 4 is 29.2 Å². The van der Waals surface area contributed by atoms with Gasteiger partial charge in [0.15, 0.2) is 0 Å². The number of halogens is 2. The molecule has 0 radical (unpaired) electrons. The lowest BCUT2D eigenvalue weighted by Gasteiger charge is -2.38. The van der Waals surface area contributed by atoms with Gasteiger partial charge in [-0.1, -0.05) is 47.5 Å². The van der Waals surface area contributed by atoms with Crippen LogP contribution < -0.4 is 4.90 Å². The zero-order chi connectivity index (χ0) is 23.7. The van der Waals surface area contributed by atoms with Crippen molar-refractivity contribution in [3.05, 3.63) is 75.9 Å². The van der Waals surface area contributed by atoms with Crippen molar-refractivity contribution in [3.8, 4) is 11.3 Å². The normalized spacial score (nSPS) is 21.8. The fourth-order valence-electron chi connectivity index (χ4n) is 4.86. The number of rotatable bonds is 5. The molecular weight excluding hydrogens is 469 g/mol. The Morgan fingerprint density at radius 2 is 1.53 bits per heavy atom. The van der Waals surface area contributed by atoms with E-state index in [0.29, 0.717) is 17.5 Å². The average molecular weight is 498 g/mol. The van der Waals surface area contributed by atoms with Gasteiger partial charge in [-0.3, -0.25) is 9.80 Å². The van der Waals surface area contributed by atoms with E-state index >= 15 is 0 Å². The van der Waals surface area contributed by atoms with E-state index in [4.69, 9.17) is 28.2 Å². The second-order valence-corrected chi connectivity index (χ2v) is 10.1. The molecule has 2 aliphatic rings. The molecule has 2 aliphatic heterocycles. The van der Waals surface area contributed by atoms with Crippen LogP contribution in [0.2, 0.25) is 10.0 Å². The molecule has 0 amide bonds. The minimum Gasteiger partial charge on any atom is -0.390 e. The quantitative estimate of drug-likeness (QED) is 0.571. The molecule has 6 nitrogen and oxygen atoms in total. The third-order valence-corrected chi connectivity index (χ3v) is 7.22. The Morgan fingerprint density at radius 3 is 2.21 bits per heavy atom. The van der Waals surface area contributed by atoms with Crippen LogP contribution in [0.5, 0.6) is 0 Å². The van der Waals surface area contributed by atoms with E-state index in [0.717, 1.165) is 61.2 Å². The summed E-state index contributed by atoms with van der Waals surface area (Å²) in [6, 6.07) is 17.8. The second kappa shape index (κ2) is 10.2. The van der Waals surface area contributed by atoms with Gasteiger partial charge in [-0.25, -0.2) is 9.97 Å². The van der Waals surface area contributed by atoms with Crippen LogP contribution >= 0.6 is 23.2 Å². The lowest BCUT2D eigenvalue weighted by Crippen LogP contribution is -2.53. The van der Waals surface area contributed by atoms with Gasteiger partial charge < -0.3 is 10.0 Å². The first-order valence-corrected chi connectivity index (χ1v) is 12.5. The molecule has 34 heavy (non-hydrogen) atoms. The van der Waals surface area contributed by atoms with Crippen LogP contribution in [0.1, 0.15) is 11.3 Å². The first-order chi connectivity index (χ1) is 16.4. The van der Waals surface area contributed by atoms with Gasteiger partial charge >= 0.3 is 0 Å². The Labute approximate surface area is 210 Å². The number of anilines is 1. The summed E-state index contributed by atoms with van der Waals surface area (Å²) in [5.41, 5.74) is 4.05. The topological polar surface area (TPSA) is 55.7 Å². The highest BCUT2D eigenvalue weighted by molar-refractivity contribution is 6.30. The van der Waals surface area contributed by atoms with Crippen molar-refractivity contribution in [2.75, 3.05) is 44.2 Å². The fraction of sp³-hybridized carbons (Fsp3) is 0.385. The SMILES string of the molecule is Cc1cc(-c2ccc(Cl)cc2)nc(N2CC(O)C(N3CCN(Cc4ccc(Cl)cc4)CC3)C2)n1. The summed E-state index contributed by atoms with van der Waals surface area (Å²) in [5, 5.41) is 12.4. The summed E-state index contributed by atoms with van der Waals surface area (Å²) in [6.07, 6.45) is -0.425. The maximum Gasteiger partial charge on any atom is 0.226 e. The number of hydrogen-bond acceptors (Lipinski definition) is 6. The Morgan fingerprint density at radius 1 is 0.882 bits per heavy atom. The third-order valence-electron chi connectivity index (χ3n) is 6.72. The summed E-state index contributed by atoms with van der Waals surface area (Å²) >= 11 is 12.1. The lowest BCUT2D eigenvalue weighted by atomic mass is 10.1. The summed E-state index contributed by atoms with van der Waals surface area (Å²) in [6.45, 7) is 8.01. The minimum absolute atomic E-state index is 0.0841. The van der Waals surface area contributed by atoms with Crippen LogP contribution in [0.3, 0.4) is 0 Å². The van der Waals surface area contributed by atoms with Gasteiger partial charge in [0.05, 0.1) is 17.8 Å². The van der Waals surface area contributed by atoms with E-state index < -0.39 is 6.10 Å². The third kappa shape index (κ3) is 5.37. The molecule has 2 unspecified atom stereocenters. The molecule has 5 rings (SSSR count). The van der Waals surface area contributed by atoms with Crippen molar-refractivity contribution in [1.82, 2.24) is 19.8 Å². The molecule has 1 aromatic heterocycles. The van der Waals surface area contributed by atoms with Gasteiger partial charge in [-0.2, -0.15) is 0 Å². The highest BCUT2D eigenvalue weighted by Crippen LogP contribution is 2.26. The molecule has 2 fully saturated rings. The van der Waals surface area contributed by atoms with E-state index in [1.165, 1.54) is 5.56 Å². The highest BCUT2D eigenvalue weighted by atomic mass is 35.5. The second-order valence-electron chi connectivity index (χ2n) is 9.18. The van der Waals surface area contributed by atoms with Gasteiger partial charge in [0, 0.05) is 67.1 Å². The smallest absolute Gasteiger partial charge is 0.226 e. The van der Waals surface area contributed by atoms with E-state index in [-0.39, 0.29) is 6.04 Å². The maximum atomic E-state index is 10.9. The van der Waals surface area contributed by atoms with Crippen LogP contribution in [0.15, 0.2) is 54.6 Å². The molecule has 1 N–H and O–H groups in total. The van der Waals surface area contributed by atoms with Crippen molar-refractivity contribution in [2.24, 2.45) is 0 Å². The predicted molar refractivity (Wildman–Crippen MR) is 138 cm³/mol. The van der Waals surface area contributed by atoms with Crippen LogP contribution in [0, 0.1) is 6.92 Å². The summed E-state index contributed by atoms with van der Waals surface area (Å²) in [4.78, 5) is 16.5. The number of aliphatic hydroxyl groups excluding tert-OH is 1. The van der Waals surface area contributed by atoms with E-state index in [9.17, 15) is 5.11 Å². The molecule has 2 saturated heterocycles. The molecule has 2 aromatic carbocycles. The molecule has 0 spiro atoms. The lowest BCUT2D eigenvalue weighted by molar-refractivity contribution is 0.0424. The van der Waals surface area contributed by atoms with Gasteiger partial charge in [0.25, 0.3) is 0 Å². The minimum atomic E-state index is -0.425. The zero-order valence-corrected chi connectivity index (χ0v) is 20.8. The van der Waals surface area contributed by atoms with Crippen LogP contribution in [-0.2, 0) is 6.54 Å². The van der Waals surface area contributed by atoms with Crippen molar-refractivity contribution in [1.29, 1.82) is 0 Å². The van der Waals surface area contributed by atoms with E-state index in [2.05, 4.69) is 31.8 Å². The van der Waals surface area contributed by atoms with Crippen molar-refractivity contribution in [2.45, 2.75) is 25.6 Å². The largest absolute Gasteiger partial charge is 0.390 e. The van der Waals surface area contributed by atoms with E-state index in [1.807, 2.05) is 49.4 Å². The summed E-state index contributed by atoms with van der Waals surface area (Å²) in [7, 11) is 0. The van der Waals surface area contributed by atoms with E-state index in [1.54, 1.807) is 0 Å². The molecule has 0 bridgehead atoms. The average Bonchev–Trinajstić information content (AvgIpc) is 3.23. The Hall–Kier alpha value is -2.22. The molecule has 178 valence electrons. The number of aliphatic hydroxyl groups is 1. The number of β-amino-alcohol motifs (C(OH)–C–C–N with tert-alkyl or cyclic N) is 1.